The maximum absolute atomic E-state index is 3.68. The highest BCUT2D eigenvalue weighted by Gasteiger charge is 2.46. The van der Waals surface area contributed by atoms with Crippen molar-refractivity contribution in [3.8, 4) is 5.69 Å². The first kappa shape index (κ1) is 20.1. The third kappa shape index (κ3) is 2.50. The molecule has 0 spiro atoms. The van der Waals surface area contributed by atoms with Gasteiger partial charge in [0.2, 0.25) is 0 Å². The van der Waals surface area contributed by atoms with Gasteiger partial charge in [-0.1, -0.05) is 100 Å². The maximum Gasteiger partial charge on any atom is 0.0708 e. The quantitative estimate of drug-likeness (QED) is 0.227. The van der Waals surface area contributed by atoms with Crippen molar-refractivity contribution in [2.24, 2.45) is 0 Å². The Balaban J connectivity index is 1.77. The van der Waals surface area contributed by atoms with E-state index in [9.17, 15) is 0 Å². The summed E-state index contributed by atoms with van der Waals surface area (Å²) >= 11 is 3.68. The number of aromatic nitrogens is 1. The lowest BCUT2D eigenvalue weighted by Gasteiger charge is -2.44. The van der Waals surface area contributed by atoms with E-state index in [1.807, 2.05) is 0 Å². The first-order valence-corrected chi connectivity index (χ1v) is 12.8. The van der Waals surface area contributed by atoms with E-state index < -0.39 is 0 Å². The minimum Gasteiger partial charge on any atom is -0.309 e. The summed E-state index contributed by atoms with van der Waals surface area (Å²) in [6, 6.07) is 33.8. The summed E-state index contributed by atoms with van der Waals surface area (Å²) in [4.78, 5) is 0. The number of allylic oxidation sites excluding steroid dienone is 4. The normalized spacial score (nSPS) is 19.1. The average molecular weight is 502 g/mol. The van der Waals surface area contributed by atoms with Gasteiger partial charge in [-0.05, 0) is 66.3 Å². The minimum absolute atomic E-state index is 0.337. The molecule has 1 atom stereocenters. The zero-order valence-corrected chi connectivity index (χ0v) is 20.6. The molecule has 34 heavy (non-hydrogen) atoms. The van der Waals surface area contributed by atoms with Crippen molar-refractivity contribution < 1.29 is 0 Å². The van der Waals surface area contributed by atoms with Crippen LogP contribution in [0.5, 0.6) is 0 Å². The van der Waals surface area contributed by atoms with Crippen LogP contribution in [0.15, 0.2) is 119 Å². The van der Waals surface area contributed by atoms with Crippen molar-refractivity contribution in [1.29, 1.82) is 0 Å². The Morgan fingerprint density at radius 1 is 0.765 bits per heavy atom. The van der Waals surface area contributed by atoms with E-state index in [0.717, 1.165) is 17.3 Å². The summed E-state index contributed by atoms with van der Waals surface area (Å²) in [5, 5.41) is 2.64. The van der Waals surface area contributed by atoms with Crippen molar-refractivity contribution in [2.75, 3.05) is 0 Å². The van der Waals surface area contributed by atoms with Gasteiger partial charge in [0, 0.05) is 15.2 Å². The Labute approximate surface area is 208 Å². The molecular weight excluding hydrogens is 478 g/mol. The smallest absolute Gasteiger partial charge is 0.0708 e. The zero-order chi connectivity index (χ0) is 22.9. The maximum atomic E-state index is 3.68. The van der Waals surface area contributed by atoms with Crippen LogP contribution in [0, 0.1) is 0 Å². The highest BCUT2D eigenvalue weighted by molar-refractivity contribution is 9.10. The lowest BCUT2D eigenvalue weighted by atomic mass is 9.60. The molecule has 164 valence electrons. The fourth-order valence-electron chi connectivity index (χ4n) is 6.48. The SMILES string of the molecule is CC1=C(C2(c3ccc(Br)cc3)c3ccccc3-n3c4ccccc4c4cccc2c43)CCC=C1. The molecule has 1 unspecified atom stereocenters. The number of halogens is 1. The summed E-state index contributed by atoms with van der Waals surface area (Å²) in [7, 11) is 0. The predicted molar refractivity (Wildman–Crippen MR) is 146 cm³/mol. The summed E-state index contributed by atoms with van der Waals surface area (Å²) < 4.78 is 3.61. The van der Waals surface area contributed by atoms with Gasteiger partial charge in [-0.3, -0.25) is 0 Å². The molecule has 4 aromatic carbocycles. The summed E-state index contributed by atoms with van der Waals surface area (Å²) in [6.45, 7) is 2.29. The van der Waals surface area contributed by atoms with Crippen LogP contribution in [-0.4, -0.2) is 4.57 Å². The second-order valence-electron chi connectivity index (χ2n) is 9.43. The molecule has 1 nitrogen and oxygen atoms in total. The Kier molecular flexibility index (Phi) is 4.32. The highest BCUT2D eigenvalue weighted by Crippen LogP contribution is 2.56. The van der Waals surface area contributed by atoms with E-state index >= 15 is 0 Å². The van der Waals surface area contributed by atoms with E-state index in [-0.39, 0.29) is 5.41 Å². The molecule has 1 aromatic heterocycles. The molecule has 1 aliphatic carbocycles. The molecule has 5 aromatic rings. The van der Waals surface area contributed by atoms with Gasteiger partial charge in [0.1, 0.15) is 0 Å². The van der Waals surface area contributed by atoms with E-state index in [1.165, 1.54) is 55.3 Å². The molecule has 7 rings (SSSR count). The Morgan fingerprint density at radius 3 is 2.35 bits per heavy atom. The van der Waals surface area contributed by atoms with Gasteiger partial charge in [-0.25, -0.2) is 0 Å². The van der Waals surface area contributed by atoms with Gasteiger partial charge in [-0.2, -0.15) is 0 Å². The molecule has 0 amide bonds. The number of nitrogens with zero attached hydrogens (tertiary/aromatic N) is 1. The molecule has 0 saturated heterocycles. The van der Waals surface area contributed by atoms with Crippen LogP contribution in [0.4, 0.5) is 0 Å². The molecule has 2 heteroatoms. The van der Waals surface area contributed by atoms with Gasteiger partial charge in [0.05, 0.1) is 22.1 Å². The van der Waals surface area contributed by atoms with Gasteiger partial charge >= 0.3 is 0 Å². The third-order valence-corrected chi connectivity index (χ3v) is 8.31. The van der Waals surface area contributed by atoms with Crippen LogP contribution < -0.4 is 0 Å². The number of fused-ring (bicyclic) bond motifs is 5. The topological polar surface area (TPSA) is 4.93 Å². The van der Waals surface area contributed by atoms with E-state index in [0.29, 0.717) is 0 Å². The van der Waals surface area contributed by atoms with Crippen molar-refractivity contribution in [2.45, 2.75) is 25.2 Å². The van der Waals surface area contributed by atoms with Crippen LogP contribution in [0.1, 0.15) is 36.5 Å². The second-order valence-corrected chi connectivity index (χ2v) is 10.3. The van der Waals surface area contributed by atoms with Crippen molar-refractivity contribution >= 4 is 37.7 Å². The van der Waals surface area contributed by atoms with Gasteiger partial charge < -0.3 is 4.57 Å². The number of hydrogen-bond acceptors (Lipinski definition) is 0. The van der Waals surface area contributed by atoms with Crippen molar-refractivity contribution in [1.82, 2.24) is 4.57 Å². The largest absolute Gasteiger partial charge is 0.309 e. The first-order valence-electron chi connectivity index (χ1n) is 12.0. The van der Waals surface area contributed by atoms with Gasteiger partial charge in [0.25, 0.3) is 0 Å². The van der Waals surface area contributed by atoms with Crippen LogP contribution in [-0.2, 0) is 5.41 Å². The number of para-hydroxylation sites is 3. The van der Waals surface area contributed by atoms with E-state index in [4.69, 9.17) is 0 Å². The van der Waals surface area contributed by atoms with Gasteiger partial charge in [0.15, 0.2) is 0 Å². The third-order valence-electron chi connectivity index (χ3n) is 7.78. The molecule has 2 heterocycles. The molecule has 1 aliphatic heterocycles. The monoisotopic (exact) mass is 501 g/mol. The number of rotatable bonds is 2. The fraction of sp³-hybridized carbons (Fsp3) is 0.125. The molecule has 0 fully saturated rings. The van der Waals surface area contributed by atoms with Crippen LogP contribution in [0.25, 0.3) is 27.5 Å². The molecule has 0 saturated carbocycles. The average Bonchev–Trinajstić information content (AvgIpc) is 3.22. The van der Waals surface area contributed by atoms with Crippen molar-refractivity contribution in [3.63, 3.8) is 0 Å². The highest BCUT2D eigenvalue weighted by atomic mass is 79.9. The standard InChI is InChI=1S/C32H24BrN/c1-21-9-2-4-12-26(21)32(22-17-19-23(33)20-18-22)27-13-5-7-16-30(27)34-29-15-6-3-10-24(29)25-11-8-14-28(32)31(25)34/h2-3,5-11,13-20H,4,12H2,1H3. The minimum atomic E-state index is -0.337. The molecule has 2 aliphatic rings. The number of hydrogen-bond donors (Lipinski definition) is 0. The summed E-state index contributed by atoms with van der Waals surface area (Å²) in [6.07, 6.45) is 6.78. The fourth-order valence-corrected chi connectivity index (χ4v) is 6.75. The lowest BCUT2D eigenvalue weighted by Crippen LogP contribution is -2.37. The molecule has 0 N–H and O–H groups in total. The molecule has 0 bridgehead atoms. The summed E-state index contributed by atoms with van der Waals surface area (Å²) in [5.41, 5.74) is 10.5. The van der Waals surface area contributed by atoms with Gasteiger partial charge in [-0.15, -0.1) is 0 Å². The number of benzene rings is 4. The van der Waals surface area contributed by atoms with Crippen LogP contribution in [0.3, 0.4) is 0 Å². The van der Waals surface area contributed by atoms with Crippen molar-refractivity contribution in [3.05, 3.63) is 135 Å². The second kappa shape index (κ2) is 7.32. The first-order chi connectivity index (χ1) is 16.7. The Morgan fingerprint density at radius 2 is 1.50 bits per heavy atom. The Bertz CT molecular complexity index is 1670. The molecule has 0 radical (unpaired) electrons. The molecular formula is C32H24BrN. The summed E-state index contributed by atoms with van der Waals surface area (Å²) in [5.74, 6) is 0. The van der Waals surface area contributed by atoms with E-state index in [2.05, 4.69) is 131 Å². The van der Waals surface area contributed by atoms with Crippen LogP contribution >= 0.6 is 15.9 Å². The zero-order valence-electron chi connectivity index (χ0n) is 19.1. The Hall–Kier alpha value is -3.36. The lowest BCUT2D eigenvalue weighted by molar-refractivity contribution is 0.657. The predicted octanol–water partition coefficient (Wildman–Crippen LogP) is 8.86. The van der Waals surface area contributed by atoms with Crippen LogP contribution in [0.2, 0.25) is 0 Å². The van der Waals surface area contributed by atoms with E-state index in [1.54, 1.807) is 0 Å².